The summed E-state index contributed by atoms with van der Waals surface area (Å²) in [5.41, 5.74) is 0. The molecule has 0 saturated carbocycles. The summed E-state index contributed by atoms with van der Waals surface area (Å²) in [4.78, 5) is 17.0. The van der Waals surface area contributed by atoms with Gasteiger partial charge in [-0.2, -0.15) is 0 Å². The molecule has 0 radical (unpaired) electrons. The van der Waals surface area contributed by atoms with Gasteiger partial charge in [0.2, 0.25) is 5.91 Å². The Hall–Kier alpha value is -0.870. The van der Waals surface area contributed by atoms with Crippen LogP contribution in [0.1, 0.15) is 35.9 Å². The number of hydrogen-bond acceptors (Lipinski definition) is 3. The molecule has 0 aliphatic carbocycles. The van der Waals surface area contributed by atoms with Gasteiger partial charge >= 0.3 is 0 Å². The molecule has 1 aromatic heterocycles. The molecule has 106 valence electrons. The molecule has 1 aliphatic heterocycles. The van der Waals surface area contributed by atoms with Gasteiger partial charge in [-0.05, 0) is 37.9 Å². The average molecular weight is 280 g/mol. The second-order valence-electron chi connectivity index (χ2n) is 5.10. The number of nitrogens with one attached hydrogen (secondary N) is 1. The normalized spacial score (nSPS) is 16.4. The molecule has 0 bridgehead atoms. The molecule has 4 heteroatoms. The highest BCUT2D eigenvalue weighted by molar-refractivity contribution is 7.11. The van der Waals surface area contributed by atoms with Gasteiger partial charge in [0.15, 0.2) is 0 Å². The van der Waals surface area contributed by atoms with Crippen LogP contribution in [-0.2, 0) is 17.6 Å². The summed E-state index contributed by atoms with van der Waals surface area (Å²) in [6.45, 7) is 5.96. The molecule has 1 aliphatic rings. The first kappa shape index (κ1) is 14.5. The smallest absolute Gasteiger partial charge is 0.222 e. The van der Waals surface area contributed by atoms with Crippen molar-refractivity contribution >= 4 is 17.2 Å². The lowest BCUT2D eigenvalue weighted by molar-refractivity contribution is -0.130. The maximum atomic E-state index is 12.2. The Labute approximate surface area is 120 Å². The minimum absolute atomic E-state index is 0.314. The topological polar surface area (TPSA) is 32.3 Å². The standard InChI is InChI=1S/C15H24N2OS/c1-2-4-13-5-6-14(19-13)7-8-15(18)17-11-3-9-16-10-12-17/h5-6,16H,2-4,7-12H2,1H3. The highest BCUT2D eigenvalue weighted by Gasteiger charge is 2.15. The van der Waals surface area contributed by atoms with Crippen LogP contribution in [0.5, 0.6) is 0 Å². The quantitative estimate of drug-likeness (QED) is 0.898. The van der Waals surface area contributed by atoms with Crippen LogP contribution in [0.4, 0.5) is 0 Å². The fourth-order valence-corrected chi connectivity index (χ4v) is 3.54. The highest BCUT2D eigenvalue weighted by atomic mass is 32.1. The summed E-state index contributed by atoms with van der Waals surface area (Å²) in [6, 6.07) is 4.40. The second-order valence-corrected chi connectivity index (χ2v) is 6.36. The summed E-state index contributed by atoms with van der Waals surface area (Å²) in [5.74, 6) is 0.314. The molecule has 0 atom stereocenters. The fourth-order valence-electron chi connectivity index (χ4n) is 2.42. The van der Waals surface area contributed by atoms with Crippen LogP contribution >= 0.6 is 11.3 Å². The SMILES string of the molecule is CCCc1ccc(CCC(=O)N2CCCNCC2)s1. The molecule has 3 nitrogen and oxygen atoms in total. The van der Waals surface area contributed by atoms with Crippen LogP contribution in [0.15, 0.2) is 12.1 Å². The lowest BCUT2D eigenvalue weighted by Crippen LogP contribution is -2.34. The van der Waals surface area contributed by atoms with Crippen LogP contribution < -0.4 is 5.32 Å². The predicted octanol–water partition coefficient (Wildman–Crippen LogP) is 2.46. The largest absolute Gasteiger partial charge is 0.341 e. The summed E-state index contributed by atoms with van der Waals surface area (Å²) in [7, 11) is 0. The van der Waals surface area contributed by atoms with E-state index in [2.05, 4.69) is 24.4 Å². The first-order valence-electron chi connectivity index (χ1n) is 7.35. The van der Waals surface area contributed by atoms with E-state index in [-0.39, 0.29) is 0 Å². The van der Waals surface area contributed by atoms with Crippen molar-refractivity contribution < 1.29 is 4.79 Å². The molecular formula is C15H24N2OS. The lowest BCUT2D eigenvalue weighted by atomic mass is 10.2. The molecular weight excluding hydrogens is 256 g/mol. The van der Waals surface area contributed by atoms with Crippen LogP contribution in [-0.4, -0.2) is 37.0 Å². The molecule has 1 N–H and O–H groups in total. The molecule has 2 rings (SSSR count). The average Bonchev–Trinajstić information content (AvgIpc) is 2.69. The Bertz CT molecular complexity index is 395. The maximum absolute atomic E-state index is 12.2. The Morgan fingerprint density at radius 3 is 2.84 bits per heavy atom. The van der Waals surface area contributed by atoms with Crippen molar-refractivity contribution in [2.75, 3.05) is 26.2 Å². The predicted molar refractivity (Wildman–Crippen MR) is 80.7 cm³/mol. The van der Waals surface area contributed by atoms with Crippen molar-refractivity contribution in [2.45, 2.75) is 39.0 Å². The van der Waals surface area contributed by atoms with Crippen molar-refractivity contribution in [3.63, 3.8) is 0 Å². The third-order valence-electron chi connectivity index (χ3n) is 3.49. The first-order valence-corrected chi connectivity index (χ1v) is 8.17. The van der Waals surface area contributed by atoms with Crippen molar-refractivity contribution in [1.29, 1.82) is 0 Å². The number of carbonyl (C=O) groups excluding carboxylic acids is 1. The number of amides is 1. The zero-order valence-electron chi connectivity index (χ0n) is 11.8. The summed E-state index contributed by atoms with van der Waals surface area (Å²) >= 11 is 1.87. The van der Waals surface area contributed by atoms with Gasteiger partial charge in [-0.25, -0.2) is 0 Å². The molecule has 0 spiro atoms. The van der Waals surface area contributed by atoms with Gasteiger partial charge in [0.1, 0.15) is 0 Å². The Balaban J connectivity index is 1.78. The minimum atomic E-state index is 0.314. The Kier molecular flexibility index (Phi) is 5.86. The van der Waals surface area contributed by atoms with Crippen molar-refractivity contribution in [3.8, 4) is 0 Å². The highest BCUT2D eigenvalue weighted by Crippen LogP contribution is 2.19. The van der Waals surface area contributed by atoms with Gasteiger partial charge in [0.05, 0.1) is 0 Å². The van der Waals surface area contributed by atoms with Crippen molar-refractivity contribution in [3.05, 3.63) is 21.9 Å². The van der Waals surface area contributed by atoms with Gasteiger partial charge in [0, 0.05) is 35.8 Å². The second kappa shape index (κ2) is 7.65. The number of rotatable bonds is 5. The zero-order chi connectivity index (χ0) is 13.5. The first-order chi connectivity index (χ1) is 9.29. The number of carbonyl (C=O) groups is 1. The summed E-state index contributed by atoms with van der Waals surface area (Å²) in [5, 5.41) is 3.33. The van der Waals surface area contributed by atoms with E-state index in [9.17, 15) is 4.79 Å². The molecule has 1 amide bonds. The third-order valence-corrected chi connectivity index (χ3v) is 4.70. The lowest BCUT2D eigenvalue weighted by Gasteiger charge is -2.19. The third kappa shape index (κ3) is 4.62. The summed E-state index contributed by atoms with van der Waals surface area (Å²) < 4.78 is 0. The molecule has 1 saturated heterocycles. The molecule has 2 heterocycles. The van der Waals surface area contributed by atoms with Gasteiger partial charge in [0.25, 0.3) is 0 Å². The minimum Gasteiger partial charge on any atom is -0.341 e. The van der Waals surface area contributed by atoms with E-state index in [1.807, 2.05) is 16.2 Å². The number of hydrogen-bond donors (Lipinski definition) is 1. The van der Waals surface area contributed by atoms with Gasteiger partial charge in [-0.1, -0.05) is 13.3 Å². The van der Waals surface area contributed by atoms with E-state index in [1.54, 1.807) is 0 Å². The molecule has 0 unspecified atom stereocenters. The number of thiophene rings is 1. The van der Waals surface area contributed by atoms with Crippen LogP contribution in [0.3, 0.4) is 0 Å². The monoisotopic (exact) mass is 280 g/mol. The van der Waals surface area contributed by atoms with E-state index in [0.29, 0.717) is 12.3 Å². The van der Waals surface area contributed by atoms with Gasteiger partial charge < -0.3 is 10.2 Å². The Morgan fingerprint density at radius 1 is 1.26 bits per heavy atom. The zero-order valence-corrected chi connectivity index (χ0v) is 12.6. The number of nitrogens with zero attached hydrogens (tertiary/aromatic N) is 1. The molecule has 1 fully saturated rings. The van der Waals surface area contributed by atoms with E-state index in [4.69, 9.17) is 0 Å². The molecule has 19 heavy (non-hydrogen) atoms. The maximum Gasteiger partial charge on any atom is 0.222 e. The fraction of sp³-hybridized carbons (Fsp3) is 0.667. The van der Waals surface area contributed by atoms with E-state index in [0.717, 1.165) is 45.4 Å². The van der Waals surface area contributed by atoms with Crippen LogP contribution in [0, 0.1) is 0 Å². The van der Waals surface area contributed by atoms with E-state index < -0.39 is 0 Å². The van der Waals surface area contributed by atoms with Gasteiger partial charge in [-0.15, -0.1) is 11.3 Å². The van der Waals surface area contributed by atoms with Crippen LogP contribution in [0.25, 0.3) is 0 Å². The van der Waals surface area contributed by atoms with Gasteiger partial charge in [-0.3, -0.25) is 4.79 Å². The molecule has 0 aromatic carbocycles. The van der Waals surface area contributed by atoms with Crippen LogP contribution in [0.2, 0.25) is 0 Å². The Morgan fingerprint density at radius 2 is 2.05 bits per heavy atom. The van der Waals surface area contributed by atoms with Crippen molar-refractivity contribution in [2.24, 2.45) is 0 Å². The number of aryl methyl sites for hydroxylation is 2. The summed E-state index contributed by atoms with van der Waals surface area (Å²) in [6.07, 6.45) is 4.99. The molecule has 1 aromatic rings. The van der Waals surface area contributed by atoms with Crippen molar-refractivity contribution in [1.82, 2.24) is 10.2 Å². The van der Waals surface area contributed by atoms with E-state index >= 15 is 0 Å². The van der Waals surface area contributed by atoms with E-state index in [1.165, 1.54) is 16.2 Å².